The fraction of sp³-hybridized carbons (Fsp3) is 0.179. The Kier molecular flexibility index (Phi) is 7.27. The molecule has 3 aromatic carbocycles. The molecule has 0 saturated heterocycles. The smallest absolute Gasteiger partial charge is 0.263 e. The Labute approximate surface area is 208 Å². The Balaban J connectivity index is 1.55. The summed E-state index contributed by atoms with van der Waals surface area (Å²) in [6.07, 6.45) is 0.773. The van der Waals surface area contributed by atoms with Crippen molar-refractivity contribution < 1.29 is 19.1 Å². The molecule has 7 heteroatoms. The van der Waals surface area contributed by atoms with Gasteiger partial charge in [0.15, 0.2) is 6.29 Å². The first kappa shape index (κ1) is 24.2. The zero-order valence-corrected chi connectivity index (χ0v) is 20.9. The first-order chi connectivity index (χ1) is 16.9. The van der Waals surface area contributed by atoms with Gasteiger partial charge in [0.05, 0.1) is 25.5 Å². The summed E-state index contributed by atoms with van der Waals surface area (Å²) < 4.78 is 10.7. The van der Waals surface area contributed by atoms with Crippen LogP contribution in [0.15, 0.2) is 60.7 Å². The van der Waals surface area contributed by atoms with Gasteiger partial charge in [-0.15, -0.1) is 11.3 Å². The maximum absolute atomic E-state index is 13.0. The third kappa shape index (κ3) is 5.25. The standard InChI is InChI=1S/C28H26N2O4S/c1-17-5-7-19(8-6-17)28-30-18(2)26(35-28)27(32)29-15-22-13-20(9-11-24(22)33-3)21-10-12-25(34-4)23(14-21)16-31/h5-14,16H,15H2,1-4H3,(H,29,32). The van der Waals surface area contributed by atoms with Crippen molar-refractivity contribution in [3.63, 3.8) is 0 Å². The minimum atomic E-state index is -0.182. The van der Waals surface area contributed by atoms with Gasteiger partial charge in [0.1, 0.15) is 21.4 Å². The molecule has 1 aromatic heterocycles. The number of aromatic nitrogens is 1. The Morgan fingerprint density at radius 1 is 0.914 bits per heavy atom. The van der Waals surface area contributed by atoms with Crippen molar-refractivity contribution in [1.29, 1.82) is 0 Å². The van der Waals surface area contributed by atoms with Crippen molar-refractivity contribution in [2.24, 2.45) is 0 Å². The van der Waals surface area contributed by atoms with E-state index in [0.29, 0.717) is 27.6 Å². The van der Waals surface area contributed by atoms with Gasteiger partial charge in [0.25, 0.3) is 5.91 Å². The SMILES string of the molecule is COc1ccc(-c2ccc(OC)c(CNC(=O)c3sc(-c4ccc(C)cc4)nc3C)c2)cc1C=O. The number of hydrogen-bond donors (Lipinski definition) is 1. The number of benzene rings is 3. The van der Waals surface area contributed by atoms with Crippen LogP contribution < -0.4 is 14.8 Å². The van der Waals surface area contributed by atoms with Crippen LogP contribution in [-0.4, -0.2) is 31.4 Å². The van der Waals surface area contributed by atoms with E-state index in [1.54, 1.807) is 19.2 Å². The van der Waals surface area contributed by atoms with Gasteiger partial charge < -0.3 is 14.8 Å². The quantitative estimate of drug-likeness (QED) is 0.316. The molecule has 0 fully saturated rings. The second kappa shape index (κ2) is 10.5. The van der Waals surface area contributed by atoms with Crippen LogP contribution in [0.1, 0.15) is 36.9 Å². The highest BCUT2D eigenvalue weighted by Gasteiger charge is 2.17. The number of nitrogens with zero attached hydrogens (tertiary/aromatic N) is 1. The molecule has 4 rings (SSSR count). The van der Waals surface area contributed by atoms with Gasteiger partial charge in [-0.05, 0) is 49.2 Å². The van der Waals surface area contributed by atoms with E-state index in [4.69, 9.17) is 9.47 Å². The molecule has 1 amide bonds. The van der Waals surface area contributed by atoms with Crippen molar-refractivity contribution in [2.45, 2.75) is 20.4 Å². The van der Waals surface area contributed by atoms with E-state index in [0.717, 1.165) is 33.5 Å². The van der Waals surface area contributed by atoms with Crippen molar-refractivity contribution in [3.05, 3.63) is 87.9 Å². The number of rotatable bonds is 8. The van der Waals surface area contributed by atoms with Crippen LogP contribution in [0.25, 0.3) is 21.7 Å². The number of amides is 1. The van der Waals surface area contributed by atoms with E-state index in [1.807, 2.05) is 62.4 Å². The molecular formula is C28H26N2O4S. The first-order valence-corrected chi connectivity index (χ1v) is 11.9. The monoisotopic (exact) mass is 486 g/mol. The lowest BCUT2D eigenvalue weighted by atomic mass is 10.00. The zero-order valence-electron chi connectivity index (χ0n) is 20.0. The molecule has 0 aliphatic carbocycles. The number of aryl methyl sites for hydroxylation is 2. The Hall–Kier alpha value is -3.97. The van der Waals surface area contributed by atoms with Gasteiger partial charge in [-0.2, -0.15) is 0 Å². The van der Waals surface area contributed by atoms with Crippen LogP contribution in [0.3, 0.4) is 0 Å². The highest BCUT2D eigenvalue weighted by atomic mass is 32.1. The predicted molar refractivity (Wildman–Crippen MR) is 139 cm³/mol. The molecule has 4 aromatic rings. The number of hydrogen-bond acceptors (Lipinski definition) is 6. The van der Waals surface area contributed by atoms with Crippen LogP contribution in [0, 0.1) is 13.8 Å². The van der Waals surface area contributed by atoms with Crippen LogP contribution in [0.4, 0.5) is 0 Å². The van der Waals surface area contributed by atoms with Crippen LogP contribution in [-0.2, 0) is 6.54 Å². The van der Waals surface area contributed by atoms with E-state index in [9.17, 15) is 9.59 Å². The number of thiazole rings is 1. The van der Waals surface area contributed by atoms with Crippen molar-refractivity contribution >= 4 is 23.5 Å². The molecule has 0 atom stereocenters. The molecule has 0 unspecified atom stereocenters. The lowest BCUT2D eigenvalue weighted by molar-refractivity contribution is 0.0953. The van der Waals surface area contributed by atoms with Gasteiger partial charge in [-0.1, -0.05) is 42.0 Å². The van der Waals surface area contributed by atoms with Gasteiger partial charge in [-0.25, -0.2) is 4.98 Å². The van der Waals surface area contributed by atoms with Crippen molar-refractivity contribution in [2.75, 3.05) is 14.2 Å². The minimum Gasteiger partial charge on any atom is -0.496 e. The number of carbonyl (C=O) groups excluding carboxylic acids is 2. The lowest BCUT2D eigenvalue weighted by Gasteiger charge is -2.13. The summed E-state index contributed by atoms with van der Waals surface area (Å²) in [6.45, 7) is 4.16. The summed E-state index contributed by atoms with van der Waals surface area (Å²) in [5.41, 5.74) is 5.92. The molecule has 0 radical (unpaired) electrons. The van der Waals surface area contributed by atoms with E-state index < -0.39 is 0 Å². The molecule has 6 nitrogen and oxygen atoms in total. The highest BCUT2D eigenvalue weighted by Crippen LogP contribution is 2.31. The molecule has 0 bridgehead atoms. The van der Waals surface area contributed by atoms with E-state index >= 15 is 0 Å². The van der Waals surface area contributed by atoms with E-state index in [2.05, 4.69) is 10.3 Å². The Morgan fingerprint density at radius 3 is 2.20 bits per heavy atom. The second-order valence-corrected chi connectivity index (χ2v) is 9.08. The van der Waals surface area contributed by atoms with Crippen LogP contribution >= 0.6 is 11.3 Å². The number of methoxy groups -OCH3 is 2. The fourth-order valence-electron chi connectivity index (χ4n) is 3.78. The van der Waals surface area contributed by atoms with Crippen molar-refractivity contribution in [3.8, 4) is 33.2 Å². The largest absolute Gasteiger partial charge is 0.496 e. The lowest BCUT2D eigenvalue weighted by Crippen LogP contribution is -2.22. The highest BCUT2D eigenvalue weighted by molar-refractivity contribution is 7.17. The molecule has 178 valence electrons. The molecule has 0 aliphatic heterocycles. The number of ether oxygens (including phenoxy) is 2. The fourth-order valence-corrected chi connectivity index (χ4v) is 4.77. The van der Waals surface area contributed by atoms with Crippen LogP contribution in [0.5, 0.6) is 11.5 Å². The molecule has 35 heavy (non-hydrogen) atoms. The van der Waals surface area contributed by atoms with Gasteiger partial charge in [-0.3, -0.25) is 9.59 Å². The maximum Gasteiger partial charge on any atom is 0.263 e. The van der Waals surface area contributed by atoms with Gasteiger partial charge in [0, 0.05) is 17.7 Å². The summed E-state index contributed by atoms with van der Waals surface area (Å²) in [6, 6.07) is 19.3. The minimum absolute atomic E-state index is 0.182. The molecule has 1 N–H and O–H groups in total. The molecule has 0 saturated carbocycles. The van der Waals surface area contributed by atoms with Gasteiger partial charge in [0.2, 0.25) is 0 Å². The maximum atomic E-state index is 13.0. The number of aldehydes is 1. The average molecular weight is 487 g/mol. The summed E-state index contributed by atoms with van der Waals surface area (Å²) in [5, 5.41) is 3.82. The molecule has 1 heterocycles. The van der Waals surface area contributed by atoms with E-state index in [-0.39, 0.29) is 12.5 Å². The van der Waals surface area contributed by atoms with Gasteiger partial charge >= 0.3 is 0 Å². The van der Waals surface area contributed by atoms with E-state index in [1.165, 1.54) is 24.0 Å². The predicted octanol–water partition coefficient (Wildman–Crippen LogP) is 5.85. The molecule has 0 aliphatic rings. The third-order valence-corrected chi connectivity index (χ3v) is 6.92. The average Bonchev–Trinajstić information content (AvgIpc) is 3.28. The molecule has 0 spiro atoms. The summed E-state index contributed by atoms with van der Waals surface area (Å²) >= 11 is 1.38. The summed E-state index contributed by atoms with van der Waals surface area (Å²) in [7, 11) is 3.13. The second-order valence-electron chi connectivity index (χ2n) is 8.08. The summed E-state index contributed by atoms with van der Waals surface area (Å²) in [5.74, 6) is 1.01. The number of carbonyl (C=O) groups is 2. The third-order valence-electron chi connectivity index (χ3n) is 5.71. The van der Waals surface area contributed by atoms with Crippen molar-refractivity contribution in [1.82, 2.24) is 10.3 Å². The normalized spacial score (nSPS) is 10.6. The first-order valence-electron chi connectivity index (χ1n) is 11.1. The topological polar surface area (TPSA) is 77.5 Å². The molecular weight excluding hydrogens is 460 g/mol. The summed E-state index contributed by atoms with van der Waals surface area (Å²) in [4.78, 5) is 29.6. The Morgan fingerprint density at radius 2 is 1.54 bits per heavy atom. The van der Waals surface area contributed by atoms with Crippen LogP contribution in [0.2, 0.25) is 0 Å². The zero-order chi connectivity index (χ0) is 24.9. The number of nitrogens with one attached hydrogen (secondary N) is 1. The Bertz CT molecular complexity index is 1380.